The molecule has 1 saturated heterocycles. The average molecular weight is 402 g/mol. The van der Waals surface area contributed by atoms with Gasteiger partial charge >= 0.3 is 12.1 Å². The molecule has 8 nitrogen and oxygen atoms in total. The van der Waals surface area contributed by atoms with Gasteiger partial charge in [-0.2, -0.15) is 0 Å². The second kappa shape index (κ2) is 10.1. The molecule has 158 valence electrons. The number of likely N-dealkylation sites (tertiary alicyclic amines) is 1. The van der Waals surface area contributed by atoms with Crippen molar-refractivity contribution in [1.29, 1.82) is 0 Å². The van der Waals surface area contributed by atoms with Crippen molar-refractivity contribution in [3.8, 4) is 0 Å². The molecule has 1 aliphatic carbocycles. The number of nitrogens with zero attached hydrogens (tertiary/aromatic N) is 1. The molecule has 1 aromatic carbocycles. The molecule has 1 unspecified atom stereocenters. The highest BCUT2D eigenvalue weighted by atomic mass is 16.2. The Hall–Kier alpha value is -2.77. The Labute approximate surface area is 171 Å². The number of hydrogen-bond acceptors (Lipinski definition) is 3. The number of anilines is 2. The largest absolute Gasteiger partial charge is 0.356 e. The summed E-state index contributed by atoms with van der Waals surface area (Å²) in [7, 11) is 0. The van der Waals surface area contributed by atoms with Crippen LogP contribution in [0.15, 0.2) is 24.3 Å². The first-order valence-corrected chi connectivity index (χ1v) is 10.6. The minimum absolute atomic E-state index is 0.0105. The van der Waals surface area contributed by atoms with Crippen LogP contribution in [-0.4, -0.2) is 48.5 Å². The van der Waals surface area contributed by atoms with Crippen molar-refractivity contribution < 1.29 is 14.4 Å². The monoisotopic (exact) mass is 401 g/mol. The Morgan fingerprint density at radius 3 is 2.28 bits per heavy atom. The number of carbonyl (C=O) groups excluding carboxylic acids is 3. The van der Waals surface area contributed by atoms with E-state index in [1.54, 1.807) is 29.2 Å². The number of urea groups is 2. The Balaban J connectivity index is 1.47. The highest BCUT2D eigenvalue weighted by Gasteiger charge is 2.28. The zero-order valence-corrected chi connectivity index (χ0v) is 17.0. The number of benzene rings is 1. The molecule has 5 amide bonds. The van der Waals surface area contributed by atoms with Crippen LogP contribution in [0.3, 0.4) is 0 Å². The first kappa shape index (κ1) is 21.0. The summed E-state index contributed by atoms with van der Waals surface area (Å²) in [4.78, 5) is 38.3. The molecule has 3 rings (SSSR count). The van der Waals surface area contributed by atoms with Gasteiger partial charge in [0.1, 0.15) is 0 Å². The van der Waals surface area contributed by atoms with Crippen molar-refractivity contribution >= 4 is 29.3 Å². The van der Waals surface area contributed by atoms with Gasteiger partial charge in [0, 0.05) is 37.1 Å². The molecule has 29 heavy (non-hydrogen) atoms. The predicted octanol–water partition coefficient (Wildman–Crippen LogP) is 3.13. The van der Waals surface area contributed by atoms with Gasteiger partial charge in [0.2, 0.25) is 5.91 Å². The summed E-state index contributed by atoms with van der Waals surface area (Å²) < 4.78 is 0. The van der Waals surface area contributed by atoms with Crippen LogP contribution in [0.5, 0.6) is 0 Å². The van der Waals surface area contributed by atoms with Crippen molar-refractivity contribution in [2.45, 2.75) is 51.5 Å². The van der Waals surface area contributed by atoms with Gasteiger partial charge in [-0.05, 0) is 56.9 Å². The molecule has 0 bridgehead atoms. The Morgan fingerprint density at radius 2 is 1.62 bits per heavy atom. The molecular formula is C21H31N5O3. The van der Waals surface area contributed by atoms with Gasteiger partial charge in [-0.15, -0.1) is 0 Å². The number of rotatable bonds is 5. The first-order chi connectivity index (χ1) is 14.0. The Bertz CT molecular complexity index is 716. The van der Waals surface area contributed by atoms with Crippen molar-refractivity contribution in [1.82, 2.24) is 15.5 Å². The molecule has 0 aromatic heterocycles. The molecule has 1 aromatic rings. The van der Waals surface area contributed by atoms with E-state index in [1.165, 1.54) is 12.8 Å². The third kappa shape index (κ3) is 6.10. The van der Waals surface area contributed by atoms with Crippen LogP contribution in [0.25, 0.3) is 0 Å². The van der Waals surface area contributed by atoms with E-state index in [9.17, 15) is 14.4 Å². The number of amides is 5. The first-order valence-electron chi connectivity index (χ1n) is 10.6. The van der Waals surface area contributed by atoms with Crippen LogP contribution >= 0.6 is 0 Å². The fourth-order valence-corrected chi connectivity index (χ4v) is 3.96. The number of piperidine rings is 1. The second-order valence-electron chi connectivity index (χ2n) is 7.77. The summed E-state index contributed by atoms with van der Waals surface area (Å²) in [5, 5.41) is 11.5. The van der Waals surface area contributed by atoms with Gasteiger partial charge in [-0.3, -0.25) is 4.79 Å². The topological polar surface area (TPSA) is 103 Å². The van der Waals surface area contributed by atoms with Gasteiger partial charge in [-0.1, -0.05) is 12.8 Å². The van der Waals surface area contributed by atoms with Crippen molar-refractivity contribution in [3.05, 3.63) is 24.3 Å². The zero-order valence-electron chi connectivity index (χ0n) is 17.0. The van der Waals surface area contributed by atoms with E-state index >= 15 is 0 Å². The fourth-order valence-electron chi connectivity index (χ4n) is 3.96. The molecule has 2 aliphatic rings. The minimum Gasteiger partial charge on any atom is -0.356 e. The average Bonchev–Trinajstić information content (AvgIpc) is 3.22. The summed E-state index contributed by atoms with van der Waals surface area (Å²) >= 11 is 0. The second-order valence-corrected chi connectivity index (χ2v) is 7.77. The van der Waals surface area contributed by atoms with Crippen molar-refractivity contribution in [2.24, 2.45) is 5.92 Å². The zero-order chi connectivity index (χ0) is 20.6. The lowest BCUT2D eigenvalue weighted by molar-refractivity contribution is -0.126. The van der Waals surface area contributed by atoms with Gasteiger partial charge in [0.05, 0.1) is 5.92 Å². The van der Waals surface area contributed by atoms with Crippen LogP contribution in [0.1, 0.15) is 45.4 Å². The normalized spacial score (nSPS) is 19.5. The van der Waals surface area contributed by atoms with E-state index in [2.05, 4.69) is 21.3 Å². The SMILES string of the molecule is CCNC(=O)C1CCCN(C(=O)Nc2ccc(NC(=O)NC3CCCC3)cc2)C1. The summed E-state index contributed by atoms with van der Waals surface area (Å²) in [6, 6.07) is 6.90. The van der Waals surface area contributed by atoms with Crippen LogP contribution in [-0.2, 0) is 4.79 Å². The van der Waals surface area contributed by atoms with Gasteiger partial charge in [0.15, 0.2) is 0 Å². The smallest absolute Gasteiger partial charge is 0.321 e. The molecule has 0 radical (unpaired) electrons. The minimum atomic E-state index is -0.210. The van der Waals surface area contributed by atoms with E-state index in [0.717, 1.165) is 25.7 Å². The fraction of sp³-hybridized carbons (Fsp3) is 0.571. The van der Waals surface area contributed by atoms with Crippen LogP contribution in [0.4, 0.5) is 21.0 Å². The molecule has 8 heteroatoms. The van der Waals surface area contributed by atoms with E-state index in [4.69, 9.17) is 0 Å². The molecule has 4 N–H and O–H groups in total. The van der Waals surface area contributed by atoms with E-state index < -0.39 is 0 Å². The highest BCUT2D eigenvalue weighted by Crippen LogP contribution is 2.20. The maximum atomic E-state index is 12.6. The summed E-state index contributed by atoms with van der Waals surface area (Å²) in [5.74, 6) is -0.143. The quantitative estimate of drug-likeness (QED) is 0.609. The lowest BCUT2D eigenvalue weighted by Crippen LogP contribution is -2.46. The van der Waals surface area contributed by atoms with E-state index in [0.29, 0.717) is 31.0 Å². The number of hydrogen-bond donors (Lipinski definition) is 4. The molecule has 1 atom stereocenters. The van der Waals surface area contributed by atoms with Gasteiger partial charge in [-0.25, -0.2) is 9.59 Å². The Kier molecular flexibility index (Phi) is 7.32. The molecule has 1 saturated carbocycles. The number of carbonyl (C=O) groups is 3. The van der Waals surface area contributed by atoms with Crippen LogP contribution in [0.2, 0.25) is 0 Å². The summed E-state index contributed by atoms with van der Waals surface area (Å²) in [6.07, 6.45) is 6.03. The van der Waals surface area contributed by atoms with Gasteiger partial charge < -0.3 is 26.2 Å². The van der Waals surface area contributed by atoms with E-state index in [1.807, 2.05) is 6.92 Å². The summed E-state index contributed by atoms with van der Waals surface area (Å²) in [6.45, 7) is 3.56. The Morgan fingerprint density at radius 1 is 0.966 bits per heavy atom. The third-order valence-electron chi connectivity index (χ3n) is 5.51. The number of nitrogens with one attached hydrogen (secondary N) is 4. The molecule has 1 heterocycles. The van der Waals surface area contributed by atoms with E-state index in [-0.39, 0.29) is 29.9 Å². The van der Waals surface area contributed by atoms with Crippen molar-refractivity contribution in [2.75, 3.05) is 30.3 Å². The molecule has 1 aliphatic heterocycles. The molecule has 0 spiro atoms. The van der Waals surface area contributed by atoms with Crippen LogP contribution in [0, 0.1) is 5.92 Å². The van der Waals surface area contributed by atoms with Crippen molar-refractivity contribution in [3.63, 3.8) is 0 Å². The standard InChI is InChI=1S/C21H31N5O3/c1-2-22-19(27)15-6-5-13-26(14-15)21(29)25-18-11-9-17(10-12-18)24-20(28)23-16-7-3-4-8-16/h9-12,15-16H,2-8,13-14H2,1H3,(H,22,27)(H,25,29)(H2,23,24,28). The lowest BCUT2D eigenvalue weighted by Gasteiger charge is -2.32. The molecule has 2 fully saturated rings. The third-order valence-corrected chi connectivity index (χ3v) is 5.51. The van der Waals surface area contributed by atoms with Gasteiger partial charge in [0.25, 0.3) is 0 Å². The molecular weight excluding hydrogens is 370 g/mol. The maximum Gasteiger partial charge on any atom is 0.321 e. The summed E-state index contributed by atoms with van der Waals surface area (Å²) in [5.41, 5.74) is 1.32. The maximum absolute atomic E-state index is 12.6. The lowest BCUT2D eigenvalue weighted by atomic mass is 9.97. The van der Waals surface area contributed by atoms with Crippen LogP contribution < -0.4 is 21.3 Å². The predicted molar refractivity (Wildman–Crippen MR) is 113 cm³/mol. The highest BCUT2D eigenvalue weighted by molar-refractivity contribution is 5.92.